The van der Waals surface area contributed by atoms with Gasteiger partial charge in [-0.2, -0.15) is 0 Å². The molecule has 2 atom stereocenters. The Balaban J connectivity index is 1.72. The van der Waals surface area contributed by atoms with Crippen LogP contribution in [0.4, 0.5) is 5.95 Å². The highest BCUT2D eigenvalue weighted by Gasteiger charge is 2.34. The minimum Gasteiger partial charge on any atom is -0.396 e. The van der Waals surface area contributed by atoms with Crippen molar-refractivity contribution >= 4 is 11.9 Å². The van der Waals surface area contributed by atoms with Crippen LogP contribution in [0.25, 0.3) is 0 Å². The molecule has 2 aromatic rings. The van der Waals surface area contributed by atoms with Crippen molar-refractivity contribution in [1.82, 2.24) is 15.3 Å². The van der Waals surface area contributed by atoms with Crippen molar-refractivity contribution in [3.63, 3.8) is 0 Å². The average molecular weight is 326 g/mol. The average Bonchev–Trinajstić information content (AvgIpc) is 2.98. The zero-order chi connectivity index (χ0) is 17.1. The molecule has 2 heterocycles. The van der Waals surface area contributed by atoms with Gasteiger partial charge in [0.05, 0.1) is 6.04 Å². The molecule has 2 unspecified atom stereocenters. The molecular formula is C18H22N4O2. The summed E-state index contributed by atoms with van der Waals surface area (Å²) < 4.78 is 0. The molecule has 126 valence electrons. The molecule has 0 bridgehead atoms. The van der Waals surface area contributed by atoms with Crippen molar-refractivity contribution in [1.29, 1.82) is 0 Å². The van der Waals surface area contributed by atoms with E-state index < -0.39 is 0 Å². The Kier molecular flexibility index (Phi) is 4.76. The molecular weight excluding hydrogens is 304 g/mol. The number of hydrogen-bond acceptors (Lipinski definition) is 5. The summed E-state index contributed by atoms with van der Waals surface area (Å²) in [6.45, 7) is 5.17. The maximum atomic E-state index is 12.6. The number of aliphatic hydroxyl groups excluding tert-OH is 1. The predicted octanol–water partition coefficient (Wildman–Crippen LogP) is 1.32. The first-order valence-electron chi connectivity index (χ1n) is 8.09. The number of benzene rings is 1. The lowest BCUT2D eigenvalue weighted by Gasteiger charge is -2.18. The molecule has 0 radical (unpaired) electrons. The van der Waals surface area contributed by atoms with Crippen LogP contribution < -0.4 is 10.2 Å². The third-order valence-electron chi connectivity index (χ3n) is 4.45. The fraction of sp³-hybridized carbons (Fsp3) is 0.389. The molecule has 0 spiro atoms. The van der Waals surface area contributed by atoms with E-state index in [4.69, 9.17) is 0 Å². The van der Waals surface area contributed by atoms with Crippen LogP contribution in [0.2, 0.25) is 0 Å². The number of carbonyl (C=O) groups is 1. The molecule has 1 aliphatic rings. The van der Waals surface area contributed by atoms with E-state index in [1.165, 1.54) is 0 Å². The number of nitrogens with zero attached hydrogens (tertiary/aromatic N) is 3. The Morgan fingerprint density at radius 3 is 2.71 bits per heavy atom. The van der Waals surface area contributed by atoms with Crippen LogP contribution in [0.5, 0.6) is 0 Å². The number of rotatable bonds is 4. The second-order valence-electron chi connectivity index (χ2n) is 6.29. The second kappa shape index (κ2) is 6.97. The van der Waals surface area contributed by atoms with Crippen molar-refractivity contribution in [2.45, 2.75) is 19.9 Å². The fourth-order valence-electron chi connectivity index (χ4n) is 3.15. The minimum absolute atomic E-state index is 0.0150. The molecule has 24 heavy (non-hydrogen) atoms. The van der Waals surface area contributed by atoms with Gasteiger partial charge >= 0.3 is 0 Å². The van der Waals surface area contributed by atoms with Crippen molar-refractivity contribution in [3.05, 3.63) is 53.3 Å². The number of amides is 1. The lowest BCUT2D eigenvalue weighted by atomic mass is 10.0. The predicted molar refractivity (Wildman–Crippen MR) is 92.0 cm³/mol. The molecule has 1 amide bonds. The lowest BCUT2D eigenvalue weighted by molar-refractivity contribution is 0.0921. The van der Waals surface area contributed by atoms with Crippen LogP contribution in [-0.2, 0) is 0 Å². The van der Waals surface area contributed by atoms with Gasteiger partial charge in [0.1, 0.15) is 0 Å². The lowest BCUT2D eigenvalue weighted by Crippen LogP contribution is -2.41. The number of carbonyl (C=O) groups excluding carboxylic acids is 1. The molecule has 0 saturated carbocycles. The Bertz CT molecular complexity index is 720. The van der Waals surface area contributed by atoms with Crippen LogP contribution in [0, 0.1) is 19.8 Å². The van der Waals surface area contributed by atoms with Gasteiger partial charge in [0.25, 0.3) is 5.91 Å². The first-order valence-corrected chi connectivity index (χ1v) is 8.09. The molecule has 6 nitrogen and oxygen atoms in total. The Morgan fingerprint density at radius 2 is 2.04 bits per heavy atom. The van der Waals surface area contributed by atoms with Crippen molar-refractivity contribution in [2.24, 2.45) is 5.92 Å². The van der Waals surface area contributed by atoms with Crippen molar-refractivity contribution in [3.8, 4) is 0 Å². The molecule has 1 fully saturated rings. The third kappa shape index (κ3) is 3.38. The van der Waals surface area contributed by atoms with Gasteiger partial charge < -0.3 is 15.3 Å². The van der Waals surface area contributed by atoms with Gasteiger partial charge in [0, 0.05) is 43.6 Å². The van der Waals surface area contributed by atoms with Crippen LogP contribution in [0.15, 0.2) is 36.7 Å². The maximum Gasteiger partial charge on any atom is 0.251 e. The fourth-order valence-corrected chi connectivity index (χ4v) is 3.15. The van der Waals surface area contributed by atoms with E-state index >= 15 is 0 Å². The van der Waals surface area contributed by atoms with Gasteiger partial charge in [-0.25, -0.2) is 9.97 Å². The summed E-state index contributed by atoms with van der Waals surface area (Å²) >= 11 is 0. The minimum atomic E-state index is -0.132. The smallest absolute Gasteiger partial charge is 0.251 e. The summed E-state index contributed by atoms with van der Waals surface area (Å²) in [5.74, 6) is 0.481. The summed E-state index contributed by atoms with van der Waals surface area (Å²) in [6, 6.07) is 7.41. The summed E-state index contributed by atoms with van der Waals surface area (Å²) in [4.78, 5) is 23.1. The van der Waals surface area contributed by atoms with E-state index in [0.29, 0.717) is 24.6 Å². The standard InChI is InChI=1S/C18H22N4O2/c1-12-4-5-15(13(2)8-12)17(24)21-16-10-22(9-14(16)11-23)18-19-6-3-7-20-18/h3-8,14,16,23H,9-11H2,1-2H3,(H,21,24). The van der Waals surface area contributed by atoms with E-state index in [0.717, 1.165) is 11.1 Å². The zero-order valence-electron chi connectivity index (χ0n) is 13.9. The van der Waals surface area contributed by atoms with E-state index in [9.17, 15) is 9.90 Å². The van der Waals surface area contributed by atoms with Crippen LogP contribution >= 0.6 is 0 Å². The van der Waals surface area contributed by atoms with E-state index in [1.807, 2.05) is 36.9 Å². The first kappa shape index (κ1) is 16.4. The zero-order valence-corrected chi connectivity index (χ0v) is 13.9. The normalized spacial score (nSPS) is 20.2. The van der Waals surface area contributed by atoms with Gasteiger partial charge in [-0.15, -0.1) is 0 Å². The number of anilines is 1. The highest BCUT2D eigenvalue weighted by atomic mass is 16.3. The molecule has 1 saturated heterocycles. The van der Waals surface area contributed by atoms with Crippen molar-refractivity contribution in [2.75, 3.05) is 24.6 Å². The second-order valence-corrected chi connectivity index (χ2v) is 6.29. The van der Waals surface area contributed by atoms with E-state index in [2.05, 4.69) is 15.3 Å². The number of nitrogens with one attached hydrogen (secondary N) is 1. The van der Waals surface area contributed by atoms with Gasteiger partial charge in [0.15, 0.2) is 0 Å². The maximum absolute atomic E-state index is 12.6. The van der Waals surface area contributed by atoms with Crippen molar-refractivity contribution < 1.29 is 9.90 Å². The largest absolute Gasteiger partial charge is 0.396 e. The number of hydrogen-bond donors (Lipinski definition) is 2. The molecule has 6 heteroatoms. The van der Waals surface area contributed by atoms with Crippen LogP contribution in [0.3, 0.4) is 0 Å². The summed E-state index contributed by atoms with van der Waals surface area (Å²) in [5, 5.41) is 12.7. The number of aliphatic hydroxyl groups is 1. The Labute approximate surface area is 141 Å². The van der Waals surface area contributed by atoms with Crippen LogP contribution in [0.1, 0.15) is 21.5 Å². The monoisotopic (exact) mass is 326 g/mol. The summed E-state index contributed by atoms with van der Waals surface area (Å²) in [6.07, 6.45) is 3.38. The quantitative estimate of drug-likeness (QED) is 0.886. The molecule has 0 aliphatic carbocycles. The SMILES string of the molecule is Cc1ccc(C(=O)NC2CN(c3ncccn3)CC2CO)c(C)c1. The third-order valence-corrected chi connectivity index (χ3v) is 4.45. The molecule has 1 aliphatic heterocycles. The molecule has 3 rings (SSSR count). The first-order chi connectivity index (χ1) is 11.6. The van der Waals surface area contributed by atoms with Gasteiger partial charge in [-0.05, 0) is 31.5 Å². The topological polar surface area (TPSA) is 78.4 Å². The van der Waals surface area contributed by atoms with E-state index in [1.54, 1.807) is 18.5 Å². The number of aromatic nitrogens is 2. The van der Waals surface area contributed by atoms with Gasteiger partial charge in [-0.1, -0.05) is 17.7 Å². The van der Waals surface area contributed by atoms with E-state index in [-0.39, 0.29) is 24.5 Å². The Morgan fingerprint density at radius 1 is 1.29 bits per heavy atom. The summed E-state index contributed by atoms with van der Waals surface area (Å²) in [7, 11) is 0. The van der Waals surface area contributed by atoms with Crippen LogP contribution in [-0.4, -0.2) is 46.7 Å². The molecule has 1 aromatic carbocycles. The molecule has 2 N–H and O–H groups in total. The number of aryl methyl sites for hydroxylation is 2. The highest BCUT2D eigenvalue weighted by molar-refractivity contribution is 5.96. The van der Waals surface area contributed by atoms with Gasteiger partial charge in [-0.3, -0.25) is 4.79 Å². The Hall–Kier alpha value is -2.47. The molecule has 1 aromatic heterocycles. The highest BCUT2D eigenvalue weighted by Crippen LogP contribution is 2.21. The van der Waals surface area contributed by atoms with Gasteiger partial charge in [0.2, 0.25) is 5.95 Å². The summed E-state index contributed by atoms with van der Waals surface area (Å²) in [5.41, 5.74) is 2.76.